The van der Waals surface area contributed by atoms with E-state index in [2.05, 4.69) is 4.98 Å². The van der Waals surface area contributed by atoms with E-state index >= 15 is 0 Å². The minimum atomic E-state index is -3.46. The maximum absolute atomic E-state index is 14.5. The van der Waals surface area contributed by atoms with Crippen molar-refractivity contribution in [2.75, 3.05) is 37.3 Å². The highest BCUT2D eigenvalue weighted by atomic mass is 32.2. The van der Waals surface area contributed by atoms with Gasteiger partial charge in [-0.05, 0) is 18.6 Å². The number of nitrogens with zero attached hydrogens (tertiary/aromatic N) is 3. The molecule has 0 radical (unpaired) electrons. The van der Waals surface area contributed by atoms with Gasteiger partial charge >= 0.3 is 0 Å². The van der Waals surface area contributed by atoms with Gasteiger partial charge in [-0.3, -0.25) is 0 Å². The largest absolute Gasteiger partial charge is 0.356 e. The standard InChI is InChI=1S/C14H19F2N3O2S/c1-22(20,21)19-9-6-14(15,16)13(11-19)5-8-18(10-13)12-4-2-3-7-17-12/h2-4,7H,5-6,8-11H2,1H3. The normalized spacial score (nSPS) is 29.1. The average molecular weight is 331 g/mol. The van der Waals surface area contributed by atoms with E-state index in [1.54, 1.807) is 18.3 Å². The molecule has 2 fully saturated rings. The van der Waals surface area contributed by atoms with Gasteiger partial charge in [0.1, 0.15) is 5.82 Å². The molecule has 122 valence electrons. The van der Waals surface area contributed by atoms with Gasteiger partial charge in [-0.1, -0.05) is 6.07 Å². The maximum atomic E-state index is 14.5. The molecule has 0 saturated carbocycles. The number of hydrogen-bond acceptors (Lipinski definition) is 4. The topological polar surface area (TPSA) is 53.5 Å². The van der Waals surface area contributed by atoms with Crippen molar-refractivity contribution in [3.8, 4) is 0 Å². The first kappa shape index (κ1) is 15.6. The highest BCUT2D eigenvalue weighted by Crippen LogP contribution is 2.50. The number of pyridine rings is 1. The lowest BCUT2D eigenvalue weighted by molar-refractivity contribution is -0.145. The van der Waals surface area contributed by atoms with Gasteiger partial charge in [0.25, 0.3) is 5.92 Å². The number of halogens is 2. The summed E-state index contributed by atoms with van der Waals surface area (Å²) >= 11 is 0. The second kappa shape index (κ2) is 5.13. The van der Waals surface area contributed by atoms with E-state index in [4.69, 9.17) is 0 Å². The van der Waals surface area contributed by atoms with E-state index in [1.807, 2.05) is 11.0 Å². The molecular weight excluding hydrogens is 312 g/mol. The number of sulfonamides is 1. The van der Waals surface area contributed by atoms with E-state index in [0.29, 0.717) is 12.4 Å². The fourth-order valence-electron chi connectivity index (χ4n) is 3.38. The SMILES string of the molecule is CS(=O)(=O)N1CCC(F)(F)C2(CCN(c3ccccn3)C2)C1. The Morgan fingerprint density at radius 3 is 2.59 bits per heavy atom. The number of alkyl halides is 2. The van der Waals surface area contributed by atoms with E-state index in [-0.39, 0.29) is 26.1 Å². The summed E-state index contributed by atoms with van der Waals surface area (Å²) in [6.45, 7) is 0.354. The van der Waals surface area contributed by atoms with Gasteiger partial charge in [-0.15, -0.1) is 0 Å². The molecule has 22 heavy (non-hydrogen) atoms. The van der Waals surface area contributed by atoms with E-state index < -0.39 is 27.8 Å². The predicted octanol–water partition coefficient (Wildman–Crippen LogP) is 1.58. The Hall–Kier alpha value is -1.28. The monoisotopic (exact) mass is 331 g/mol. The van der Waals surface area contributed by atoms with Gasteiger partial charge in [0.15, 0.2) is 0 Å². The number of anilines is 1. The maximum Gasteiger partial charge on any atom is 0.257 e. The number of hydrogen-bond donors (Lipinski definition) is 0. The molecule has 1 atom stereocenters. The highest BCUT2D eigenvalue weighted by molar-refractivity contribution is 7.88. The minimum absolute atomic E-state index is 0.114. The van der Waals surface area contributed by atoms with Crippen LogP contribution in [0.3, 0.4) is 0 Å². The molecule has 0 aliphatic carbocycles. The molecule has 3 heterocycles. The summed E-state index contributed by atoms with van der Waals surface area (Å²) in [5, 5.41) is 0. The molecule has 1 spiro atoms. The smallest absolute Gasteiger partial charge is 0.257 e. The van der Waals surface area contributed by atoms with Crippen LogP contribution in [-0.4, -0.2) is 56.1 Å². The van der Waals surface area contributed by atoms with Crippen LogP contribution in [0.1, 0.15) is 12.8 Å². The molecule has 0 aromatic carbocycles. The Labute approximate surface area is 129 Å². The lowest BCUT2D eigenvalue weighted by atomic mass is 9.76. The van der Waals surface area contributed by atoms with Crippen LogP contribution in [0.25, 0.3) is 0 Å². The van der Waals surface area contributed by atoms with Crippen molar-refractivity contribution in [1.29, 1.82) is 0 Å². The average Bonchev–Trinajstić information content (AvgIpc) is 2.88. The van der Waals surface area contributed by atoms with Crippen LogP contribution >= 0.6 is 0 Å². The molecule has 8 heteroatoms. The zero-order valence-electron chi connectivity index (χ0n) is 12.4. The molecule has 5 nitrogen and oxygen atoms in total. The Morgan fingerprint density at radius 2 is 1.95 bits per heavy atom. The van der Waals surface area contributed by atoms with Crippen LogP contribution in [0.4, 0.5) is 14.6 Å². The van der Waals surface area contributed by atoms with Crippen LogP contribution in [0.15, 0.2) is 24.4 Å². The Morgan fingerprint density at radius 1 is 1.18 bits per heavy atom. The Kier molecular flexibility index (Phi) is 3.64. The summed E-state index contributed by atoms with van der Waals surface area (Å²) in [7, 11) is -3.46. The lowest BCUT2D eigenvalue weighted by Crippen LogP contribution is -2.58. The first-order valence-corrected chi connectivity index (χ1v) is 9.07. The van der Waals surface area contributed by atoms with Gasteiger partial charge < -0.3 is 4.90 Å². The molecule has 2 saturated heterocycles. The summed E-state index contributed by atoms with van der Waals surface area (Å²) in [6.07, 6.45) is 2.55. The van der Waals surface area contributed by atoms with Gasteiger partial charge in [0.2, 0.25) is 10.0 Å². The molecule has 1 aromatic heterocycles. The molecule has 2 aliphatic heterocycles. The van der Waals surface area contributed by atoms with Crippen LogP contribution in [0.2, 0.25) is 0 Å². The van der Waals surface area contributed by atoms with Crippen molar-refractivity contribution in [2.45, 2.75) is 18.8 Å². The minimum Gasteiger partial charge on any atom is -0.356 e. The second-order valence-corrected chi connectivity index (χ2v) is 8.17. The predicted molar refractivity (Wildman–Crippen MR) is 79.5 cm³/mol. The van der Waals surface area contributed by atoms with Gasteiger partial charge in [0, 0.05) is 38.8 Å². The van der Waals surface area contributed by atoms with E-state index in [0.717, 1.165) is 6.26 Å². The van der Waals surface area contributed by atoms with Crippen LogP contribution < -0.4 is 4.90 Å². The first-order chi connectivity index (χ1) is 10.2. The van der Waals surface area contributed by atoms with Crippen molar-refractivity contribution in [3.05, 3.63) is 24.4 Å². The van der Waals surface area contributed by atoms with E-state index in [9.17, 15) is 17.2 Å². The number of aromatic nitrogens is 1. The second-order valence-electron chi connectivity index (χ2n) is 6.19. The summed E-state index contributed by atoms with van der Waals surface area (Å²) in [5.74, 6) is -2.20. The summed E-state index contributed by atoms with van der Waals surface area (Å²) in [4.78, 5) is 6.02. The van der Waals surface area contributed by atoms with Crippen molar-refractivity contribution >= 4 is 15.8 Å². The lowest BCUT2D eigenvalue weighted by Gasteiger charge is -2.44. The molecule has 0 N–H and O–H groups in total. The molecule has 1 unspecified atom stereocenters. The molecule has 0 amide bonds. The fraction of sp³-hybridized carbons (Fsp3) is 0.643. The van der Waals surface area contributed by atoms with Crippen LogP contribution in [-0.2, 0) is 10.0 Å². The quantitative estimate of drug-likeness (QED) is 0.826. The van der Waals surface area contributed by atoms with Crippen molar-refractivity contribution in [1.82, 2.24) is 9.29 Å². The van der Waals surface area contributed by atoms with Crippen LogP contribution in [0, 0.1) is 5.41 Å². The third kappa shape index (κ3) is 2.58. The zero-order valence-corrected chi connectivity index (χ0v) is 13.2. The molecule has 3 rings (SSSR count). The first-order valence-electron chi connectivity index (χ1n) is 7.23. The van der Waals surface area contributed by atoms with E-state index in [1.165, 1.54) is 4.31 Å². The molecule has 1 aromatic rings. The zero-order chi connectivity index (χ0) is 16.0. The van der Waals surface area contributed by atoms with Crippen LogP contribution in [0.5, 0.6) is 0 Å². The Bertz CT molecular complexity index is 653. The third-order valence-corrected chi connectivity index (χ3v) is 5.98. The van der Waals surface area contributed by atoms with Crippen molar-refractivity contribution in [3.63, 3.8) is 0 Å². The number of rotatable bonds is 2. The van der Waals surface area contributed by atoms with Gasteiger partial charge in [-0.2, -0.15) is 0 Å². The van der Waals surface area contributed by atoms with Gasteiger partial charge in [0.05, 0.1) is 11.7 Å². The summed E-state index contributed by atoms with van der Waals surface area (Å²) in [6, 6.07) is 5.37. The van der Waals surface area contributed by atoms with Gasteiger partial charge in [-0.25, -0.2) is 26.5 Å². The van der Waals surface area contributed by atoms with Crippen molar-refractivity contribution in [2.24, 2.45) is 5.41 Å². The van der Waals surface area contributed by atoms with Crippen molar-refractivity contribution < 1.29 is 17.2 Å². The highest BCUT2D eigenvalue weighted by Gasteiger charge is 2.60. The molecule has 0 bridgehead atoms. The Balaban J connectivity index is 1.87. The molecular formula is C14H19F2N3O2S. The summed E-state index contributed by atoms with van der Waals surface area (Å²) in [5.41, 5.74) is -1.33. The fourth-order valence-corrected chi connectivity index (χ4v) is 4.29. The number of piperidine rings is 1. The third-order valence-electron chi connectivity index (χ3n) is 4.73. The molecule has 2 aliphatic rings. The summed E-state index contributed by atoms with van der Waals surface area (Å²) < 4.78 is 53.8.